The Labute approximate surface area is 243 Å². The maximum Gasteiger partial charge on any atom is 0.351 e. The fourth-order valence-electron chi connectivity index (χ4n) is 4.19. The third-order valence-corrected chi connectivity index (χ3v) is 6.78. The van der Waals surface area contributed by atoms with Crippen molar-refractivity contribution < 1.29 is 38.1 Å². The van der Waals surface area contributed by atoms with Gasteiger partial charge in [-0.3, -0.25) is 14.4 Å². The number of carbonyl (C=O) groups is 4. The number of hydrogen-bond acceptors (Lipinski definition) is 8. The first kappa shape index (κ1) is 37.9. The van der Waals surface area contributed by atoms with Gasteiger partial charge >= 0.3 is 23.9 Å². The quantitative estimate of drug-likeness (QED) is 0.0560. The van der Waals surface area contributed by atoms with E-state index in [1.165, 1.54) is 44.9 Å². The lowest BCUT2D eigenvalue weighted by Gasteiger charge is -2.30. The van der Waals surface area contributed by atoms with Gasteiger partial charge in [-0.1, -0.05) is 111 Å². The van der Waals surface area contributed by atoms with E-state index < -0.39 is 42.3 Å². The van der Waals surface area contributed by atoms with Crippen molar-refractivity contribution in [3.05, 3.63) is 0 Å². The molecule has 0 atom stereocenters. The second-order valence-electron chi connectivity index (χ2n) is 10.7. The predicted octanol–water partition coefficient (Wildman–Crippen LogP) is 7.78. The maximum atomic E-state index is 13.3. The van der Waals surface area contributed by atoms with E-state index in [1.807, 2.05) is 20.8 Å². The van der Waals surface area contributed by atoms with E-state index in [-0.39, 0.29) is 26.2 Å². The Morgan fingerprint density at radius 3 is 1.25 bits per heavy atom. The van der Waals surface area contributed by atoms with E-state index in [2.05, 4.69) is 6.92 Å². The van der Waals surface area contributed by atoms with Gasteiger partial charge in [0, 0.05) is 6.42 Å². The summed E-state index contributed by atoms with van der Waals surface area (Å²) in [5.41, 5.74) is -2.10. The molecule has 8 heteroatoms. The van der Waals surface area contributed by atoms with Crippen molar-refractivity contribution in [3.63, 3.8) is 0 Å². The molecule has 0 saturated carbocycles. The zero-order valence-corrected chi connectivity index (χ0v) is 26.0. The molecule has 0 bridgehead atoms. The number of rotatable bonds is 27. The van der Waals surface area contributed by atoms with Crippen LogP contribution in [0.4, 0.5) is 0 Å². The molecule has 234 valence electrons. The van der Waals surface area contributed by atoms with Gasteiger partial charge in [0.1, 0.15) is 0 Å². The van der Waals surface area contributed by atoms with Crippen LogP contribution >= 0.6 is 0 Å². The van der Waals surface area contributed by atoms with Crippen LogP contribution in [0.2, 0.25) is 0 Å². The van der Waals surface area contributed by atoms with Crippen LogP contribution in [0.3, 0.4) is 0 Å². The molecule has 0 aliphatic heterocycles. The minimum absolute atomic E-state index is 0.0940. The summed E-state index contributed by atoms with van der Waals surface area (Å²) in [4.78, 5) is 51.5. The second kappa shape index (κ2) is 25.8. The van der Waals surface area contributed by atoms with Crippen molar-refractivity contribution >= 4 is 23.9 Å². The molecule has 0 amide bonds. The van der Waals surface area contributed by atoms with Crippen molar-refractivity contribution in [1.82, 2.24) is 0 Å². The highest BCUT2D eigenvalue weighted by Gasteiger charge is 2.49. The van der Waals surface area contributed by atoms with Gasteiger partial charge in [-0.05, 0) is 25.7 Å². The SMILES string of the molecule is CCCCCCCCCCCCCC(=O)OC(CC(=O)OCCCC)(CC(=O)OCCCC)C(=O)OCCCC. The first-order valence-corrected chi connectivity index (χ1v) is 16.0. The molecule has 0 aromatic heterocycles. The molecular weight excluding hydrogens is 512 g/mol. The summed E-state index contributed by atoms with van der Waals surface area (Å²) in [5.74, 6) is -2.98. The van der Waals surface area contributed by atoms with Crippen molar-refractivity contribution in [3.8, 4) is 0 Å². The van der Waals surface area contributed by atoms with Crippen LogP contribution in [0, 0.1) is 0 Å². The fraction of sp³-hybridized carbons (Fsp3) is 0.875. The normalized spacial score (nSPS) is 11.2. The molecule has 0 aromatic rings. The Bertz CT molecular complexity index is 652. The standard InChI is InChI=1S/C32H58O8/c1-5-9-13-14-15-16-17-18-19-20-21-22-28(33)40-32(31(36)39-25-12-8-4,26-29(34)37-23-10-6-2)27-30(35)38-24-11-7-3/h5-27H2,1-4H3. The van der Waals surface area contributed by atoms with Crippen LogP contribution in [0.25, 0.3) is 0 Å². The highest BCUT2D eigenvalue weighted by molar-refractivity contribution is 5.92. The largest absolute Gasteiger partial charge is 0.466 e. The van der Waals surface area contributed by atoms with Gasteiger partial charge in [0.25, 0.3) is 0 Å². The van der Waals surface area contributed by atoms with E-state index in [1.54, 1.807) is 0 Å². The second-order valence-corrected chi connectivity index (χ2v) is 10.7. The molecule has 0 aromatic carbocycles. The zero-order chi connectivity index (χ0) is 29.9. The minimum Gasteiger partial charge on any atom is -0.466 e. The lowest BCUT2D eigenvalue weighted by Crippen LogP contribution is -2.48. The Kier molecular flexibility index (Phi) is 24.5. The Morgan fingerprint density at radius 1 is 0.450 bits per heavy atom. The summed E-state index contributed by atoms with van der Waals surface area (Å²) in [5, 5.41) is 0. The smallest absolute Gasteiger partial charge is 0.351 e. The molecule has 0 saturated heterocycles. The highest BCUT2D eigenvalue weighted by Crippen LogP contribution is 2.27. The van der Waals surface area contributed by atoms with Gasteiger partial charge < -0.3 is 18.9 Å². The monoisotopic (exact) mass is 570 g/mol. The van der Waals surface area contributed by atoms with Crippen LogP contribution in [-0.4, -0.2) is 49.3 Å². The van der Waals surface area contributed by atoms with E-state index >= 15 is 0 Å². The van der Waals surface area contributed by atoms with Gasteiger partial charge in [0.15, 0.2) is 0 Å². The Hall–Kier alpha value is -2.12. The van der Waals surface area contributed by atoms with Crippen molar-refractivity contribution in [1.29, 1.82) is 0 Å². The van der Waals surface area contributed by atoms with Gasteiger partial charge in [0.2, 0.25) is 5.60 Å². The van der Waals surface area contributed by atoms with Crippen LogP contribution in [-0.2, 0) is 38.1 Å². The topological polar surface area (TPSA) is 105 Å². The van der Waals surface area contributed by atoms with E-state index in [0.29, 0.717) is 25.7 Å². The number of esters is 4. The summed E-state index contributed by atoms with van der Waals surface area (Å²) in [6.45, 7) is 8.57. The number of unbranched alkanes of at least 4 members (excludes halogenated alkanes) is 13. The molecule has 40 heavy (non-hydrogen) atoms. The fourth-order valence-corrected chi connectivity index (χ4v) is 4.19. The van der Waals surface area contributed by atoms with Crippen LogP contribution in [0.5, 0.6) is 0 Å². The summed E-state index contributed by atoms with van der Waals surface area (Å²) in [6.07, 6.45) is 15.9. The van der Waals surface area contributed by atoms with Crippen molar-refractivity contribution in [2.24, 2.45) is 0 Å². The predicted molar refractivity (Wildman–Crippen MR) is 157 cm³/mol. The molecule has 0 unspecified atom stereocenters. The average molecular weight is 571 g/mol. The van der Waals surface area contributed by atoms with Crippen molar-refractivity contribution in [2.75, 3.05) is 19.8 Å². The number of hydrogen-bond donors (Lipinski definition) is 0. The molecule has 0 radical (unpaired) electrons. The van der Waals surface area contributed by atoms with Crippen molar-refractivity contribution in [2.45, 2.75) is 162 Å². The summed E-state index contributed by atoms with van der Waals surface area (Å²) >= 11 is 0. The Morgan fingerprint density at radius 2 is 0.825 bits per heavy atom. The molecule has 0 rings (SSSR count). The van der Waals surface area contributed by atoms with Gasteiger partial charge in [-0.25, -0.2) is 4.79 Å². The highest BCUT2D eigenvalue weighted by atomic mass is 16.6. The third kappa shape index (κ3) is 19.9. The van der Waals surface area contributed by atoms with Crippen LogP contribution in [0.1, 0.15) is 156 Å². The van der Waals surface area contributed by atoms with Gasteiger partial charge in [-0.2, -0.15) is 0 Å². The molecule has 0 heterocycles. The maximum absolute atomic E-state index is 13.3. The molecular formula is C32H58O8. The first-order valence-electron chi connectivity index (χ1n) is 16.0. The summed E-state index contributed by atoms with van der Waals surface area (Å²) < 4.78 is 21.6. The van der Waals surface area contributed by atoms with E-state index in [4.69, 9.17) is 18.9 Å². The Balaban J connectivity index is 5.16. The van der Waals surface area contributed by atoms with E-state index in [9.17, 15) is 19.2 Å². The van der Waals surface area contributed by atoms with Gasteiger partial charge in [-0.15, -0.1) is 0 Å². The molecule has 0 N–H and O–H groups in total. The number of ether oxygens (including phenoxy) is 4. The summed E-state index contributed by atoms with van der Waals surface area (Å²) in [7, 11) is 0. The lowest BCUT2D eigenvalue weighted by atomic mass is 9.94. The minimum atomic E-state index is -2.10. The van der Waals surface area contributed by atoms with E-state index in [0.717, 1.165) is 38.5 Å². The molecule has 0 aliphatic carbocycles. The van der Waals surface area contributed by atoms with Crippen LogP contribution in [0.15, 0.2) is 0 Å². The molecule has 8 nitrogen and oxygen atoms in total. The molecule has 0 spiro atoms. The summed E-state index contributed by atoms with van der Waals surface area (Å²) in [6, 6.07) is 0. The molecule has 0 fully saturated rings. The third-order valence-electron chi connectivity index (χ3n) is 6.78. The molecule has 0 aliphatic rings. The lowest BCUT2D eigenvalue weighted by molar-refractivity contribution is -0.191. The van der Waals surface area contributed by atoms with Gasteiger partial charge in [0.05, 0.1) is 32.7 Å². The average Bonchev–Trinajstić information content (AvgIpc) is 2.92. The first-order chi connectivity index (χ1) is 19.3. The number of carbonyl (C=O) groups excluding carboxylic acids is 4. The zero-order valence-electron chi connectivity index (χ0n) is 26.0. The van der Waals surface area contributed by atoms with Crippen LogP contribution < -0.4 is 0 Å².